The number of carboxylic acids is 1. The molecule has 8 heteroatoms. The second-order valence-electron chi connectivity index (χ2n) is 9.25. The predicted molar refractivity (Wildman–Crippen MR) is 113 cm³/mol. The minimum Gasteiger partial charge on any atom is -0.481 e. The topological polar surface area (TPSA) is 134 Å². The molecule has 176 valence electrons. The lowest BCUT2D eigenvalue weighted by Gasteiger charge is -2.43. The van der Waals surface area contributed by atoms with Crippen LogP contribution in [-0.2, 0) is 19.1 Å². The van der Waals surface area contributed by atoms with Gasteiger partial charge in [0.15, 0.2) is 5.60 Å². The molecule has 0 aromatic carbocycles. The highest BCUT2D eigenvalue weighted by Crippen LogP contribution is 2.44. The summed E-state index contributed by atoms with van der Waals surface area (Å²) in [6.45, 7) is 5.32. The van der Waals surface area contributed by atoms with Gasteiger partial charge in [0, 0.05) is 19.4 Å². The third-order valence-electron chi connectivity index (χ3n) is 6.42. The van der Waals surface area contributed by atoms with E-state index in [0.717, 1.165) is 5.57 Å². The Morgan fingerprint density at radius 2 is 1.94 bits per heavy atom. The SMILES string of the molecule is COC(C)(C)C(=O)O[C@H]1C[C@H](O)C=C2C=C[C@@H](C)[C@H](CC[C@@H](O)C[C@@H](O)CC(=O)O)[C@H]21. The lowest BCUT2D eigenvalue weighted by molar-refractivity contribution is -0.176. The van der Waals surface area contributed by atoms with Crippen molar-refractivity contribution in [1.82, 2.24) is 0 Å². The number of hydrogen-bond donors (Lipinski definition) is 4. The van der Waals surface area contributed by atoms with E-state index in [1.165, 1.54) is 7.11 Å². The van der Waals surface area contributed by atoms with Crippen LogP contribution in [0.2, 0.25) is 0 Å². The number of aliphatic carboxylic acids is 1. The van der Waals surface area contributed by atoms with E-state index in [1.54, 1.807) is 19.9 Å². The quantitative estimate of drug-likeness (QED) is 0.378. The molecule has 0 unspecified atom stereocenters. The summed E-state index contributed by atoms with van der Waals surface area (Å²) in [5.74, 6) is -1.52. The average molecular weight is 441 g/mol. The van der Waals surface area contributed by atoms with Gasteiger partial charge in [0.1, 0.15) is 6.10 Å². The van der Waals surface area contributed by atoms with E-state index < -0.39 is 48.4 Å². The molecule has 0 amide bonds. The van der Waals surface area contributed by atoms with Crippen molar-refractivity contribution in [2.75, 3.05) is 7.11 Å². The minimum atomic E-state index is -1.11. The molecule has 0 aromatic rings. The first-order chi connectivity index (χ1) is 14.4. The molecule has 0 heterocycles. The minimum absolute atomic E-state index is 0.00421. The molecular weight excluding hydrogens is 404 g/mol. The van der Waals surface area contributed by atoms with Gasteiger partial charge in [0.2, 0.25) is 0 Å². The van der Waals surface area contributed by atoms with E-state index in [9.17, 15) is 24.9 Å². The van der Waals surface area contributed by atoms with Crippen LogP contribution in [0.1, 0.15) is 52.9 Å². The molecular formula is C23H36O8. The lowest BCUT2D eigenvalue weighted by Crippen LogP contribution is -2.46. The van der Waals surface area contributed by atoms with Crippen LogP contribution >= 0.6 is 0 Å². The van der Waals surface area contributed by atoms with Gasteiger partial charge in [-0.15, -0.1) is 0 Å². The molecule has 0 spiro atoms. The second-order valence-corrected chi connectivity index (χ2v) is 9.25. The number of esters is 1. The van der Waals surface area contributed by atoms with Gasteiger partial charge in [0.05, 0.1) is 24.7 Å². The molecule has 31 heavy (non-hydrogen) atoms. The third-order valence-corrected chi connectivity index (χ3v) is 6.42. The highest BCUT2D eigenvalue weighted by Gasteiger charge is 2.43. The highest BCUT2D eigenvalue weighted by molar-refractivity contribution is 5.78. The van der Waals surface area contributed by atoms with E-state index in [1.807, 2.05) is 6.08 Å². The van der Waals surface area contributed by atoms with Crippen molar-refractivity contribution in [3.63, 3.8) is 0 Å². The zero-order valence-corrected chi connectivity index (χ0v) is 18.7. The molecule has 0 aliphatic heterocycles. The molecule has 0 aromatic heterocycles. The van der Waals surface area contributed by atoms with E-state index in [4.69, 9.17) is 14.6 Å². The first kappa shape index (κ1) is 25.5. The fourth-order valence-electron chi connectivity index (χ4n) is 4.45. The molecule has 0 saturated carbocycles. The first-order valence-electron chi connectivity index (χ1n) is 10.9. The van der Waals surface area contributed by atoms with Gasteiger partial charge in [-0.05, 0) is 50.5 Å². The van der Waals surface area contributed by atoms with Gasteiger partial charge in [-0.3, -0.25) is 4.79 Å². The molecule has 0 radical (unpaired) electrons. The van der Waals surface area contributed by atoms with E-state index in [2.05, 4.69) is 13.0 Å². The summed E-state index contributed by atoms with van der Waals surface area (Å²) in [5.41, 5.74) is -0.191. The Hall–Kier alpha value is -1.74. The largest absolute Gasteiger partial charge is 0.481 e. The summed E-state index contributed by atoms with van der Waals surface area (Å²) in [6.07, 6.45) is 3.50. The predicted octanol–water partition coefficient (Wildman–Crippen LogP) is 1.82. The van der Waals surface area contributed by atoms with Gasteiger partial charge in [-0.2, -0.15) is 0 Å². The molecule has 0 saturated heterocycles. The van der Waals surface area contributed by atoms with Gasteiger partial charge in [0.25, 0.3) is 0 Å². The van der Waals surface area contributed by atoms with Crippen LogP contribution in [0, 0.1) is 17.8 Å². The van der Waals surface area contributed by atoms with E-state index in [-0.39, 0.29) is 30.6 Å². The Bertz CT molecular complexity index is 698. The van der Waals surface area contributed by atoms with Crippen molar-refractivity contribution in [3.8, 4) is 0 Å². The third kappa shape index (κ3) is 6.87. The first-order valence-corrected chi connectivity index (χ1v) is 10.9. The number of hydrogen-bond acceptors (Lipinski definition) is 7. The number of aliphatic hydroxyl groups is 3. The van der Waals surface area contributed by atoms with Crippen LogP contribution in [-0.4, -0.2) is 69.5 Å². The maximum Gasteiger partial charge on any atom is 0.338 e. The molecule has 2 aliphatic rings. The number of carboxylic acid groups (broad SMARTS) is 1. The van der Waals surface area contributed by atoms with Crippen LogP contribution in [0.3, 0.4) is 0 Å². The zero-order valence-electron chi connectivity index (χ0n) is 18.7. The van der Waals surface area contributed by atoms with Crippen LogP contribution in [0.5, 0.6) is 0 Å². The van der Waals surface area contributed by atoms with E-state index >= 15 is 0 Å². The van der Waals surface area contributed by atoms with Crippen LogP contribution in [0.4, 0.5) is 0 Å². The normalized spacial score (nSPS) is 30.2. The Morgan fingerprint density at radius 1 is 1.26 bits per heavy atom. The number of rotatable bonds is 10. The van der Waals surface area contributed by atoms with Crippen molar-refractivity contribution in [1.29, 1.82) is 0 Å². The maximum atomic E-state index is 12.6. The lowest BCUT2D eigenvalue weighted by atomic mass is 9.66. The standard InChI is InChI=1S/C23H36O8/c1-13-5-6-14-9-16(25)11-19(31-22(29)23(2,3)30-4)21(14)18(13)8-7-15(24)10-17(26)12-20(27)28/h5-6,9,13,15-19,21,24-26H,7-8,10-12H2,1-4H3,(H,27,28)/t13-,15-,16-,17-,18+,19+,21+/m1/s1. The number of fused-ring (bicyclic) bond motifs is 1. The van der Waals surface area contributed by atoms with Crippen molar-refractivity contribution in [3.05, 3.63) is 23.8 Å². The summed E-state index contributed by atoms with van der Waals surface area (Å²) in [6, 6.07) is 0. The fourth-order valence-corrected chi connectivity index (χ4v) is 4.45. The number of ether oxygens (including phenoxy) is 2. The number of aliphatic hydroxyl groups excluding tert-OH is 3. The molecule has 0 bridgehead atoms. The van der Waals surface area contributed by atoms with Gasteiger partial charge in [-0.25, -0.2) is 4.79 Å². The molecule has 4 N–H and O–H groups in total. The average Bonchev–Trinajstić information content (AvgIpc) is 2.66. The Labute approximate surface area is 183 Å². The number of carbonyl (C=O) groups is 2. The smallest absolute Gasteiger partial charge is 0.338 e. The fraction of sp³-hybridized carbons (Fsp3) is 0.739. The van der Waals surface area contributed by atoms with Gasteiger partial charge in [-0.1, -0.05) is 25.2 Å². The van der Waals surface area contributed by atoms with Gasteiger partial charge >= 0.3 is 11.9 Å². The second kappa shape index (κ2) is 10.7. The Balaban J connectivity index is 2.12. The summed E-state index contributed by atoms with van der Waals surface area (Å²) in [7, 11) is 1.44. The summed E-state index contributed by atoms with van der Waals surface area (Å²) >= 11 is 0. The summed E-state index contributed by atoms with van der Waals surface area (Å²) in [4.78, 5) is 23.3. The molecule has 2 rings (SSSR count). The van der Waals surface area contributed by atoms with Crippen LogP contribution < -0.4 is 0 Å². The monoisotopic (exact) mass is 440 g/mol. The molecule has 7 atom stereocenters. The Kier molecular flexibility index (Phi) is 8.83. The number of carbonyl (C=O) groups excluding carboxylic acids is 1. The molecule has 8 nitrogen and oxygen atoms in total. The van der Waals surface area contributed by atoms with Crippen molar-refractivity contribution >= 4 is 11.9 Å². The van der Waals surface area contributed by atoms with E-state index in [0.29, 0.717) is 12.8 Å². The van der Waals surface area contributed by atoms with Crippen molar-refractivity contribution < 1.29 is 39.5 Å². The maximum absolute atomic E-state index is 12.6. The van der Waals surface area contributed by atoms with Crippen LogP contribution in [0.25, 0.3) is 0 Å². The molecule has 0 fully saturated rings. The van der Waals surface area contributed by atoms with Crippen LogP contribution in [0.15, 0.2) is 23.8 Å². The van der Waals surface area contributed by atoms with Crippen molar-refractivity contribution in [2.45, 2.75) is 82.9 Å². The number of methoxy groups -OCH3 is 1. The van der Waals surface area contributed by atoms with Gasteiger partial charge < -0.3 is 29.9 Å². The molecule has 2 aliphatic carbocycles. The Morgan fingerprint density at radius 3 is 2.55 bits per heavy atom. The number of allylic oxidation sites excluding steroid dienone is 2. The zero-order chi connectivity index (χ0) is 23.3. The summed E-state index contributed by atoms with van der Waals surface area (Å²) in [5, 5.41) is 39.1. The van der Waals surface area contributed by atoms with Crippen molar-refractivity contribution in [2.24, 2.45) is 17.8 Å². The highest BCUT2D eigenvalue weighted by atomic mass is 16.6. The summed E-state index contributed by atoms with van der Waals surface area (Å²) < 4.78 is 11.0.